The molecule has 1 aliphatic heterocycles. The van der Waals surface area contributed by atoms with Crippen LogP contribution in [0.3, 0.4) is 0 Å². The molecule has 0 saturated carbocycles. The van der Waals surface area contributed by atoms with Crippen molar-refractivity contribution in [3.8, 4) is 0 Å². The predicted molar refractivity (Wildman–Crippen MR) is 123 cm³/mol. The molecule has 4 aromatic rings. The number of thiazole rings is 1. The molecule has 4 aromatic heterocycles. The third kappa shape index (κ3) is 4.19. The van der Waals surface area contributed by atoms with E-state index in [0.29, 0.717) is 6.61 Å². The van der Waals surface area contributed by atoms with Crippen molar-refractivity contribution < 1.29 is 4.74 Å². The summed E-state index contributed by atoms with van der Waals surface area (Å²) in [5, 5.41) is 4.15. The number of aromatic nitrogens is 4. The van der Waals surface area contributed by atoms with E-state index in [1.807, 2.05) is 31.3 Å². The SMILES string of the molecule is Cc1cnc(Nc2cccc(C3CN(Cc4c(C)nc5c(C)cccn45)CCO3)n2)s1. The van der Waals surface area contributed by atoms with Gasteiger partial charge in [0.1, 0.15) is 17.6 Å². The van der Waals surface area contributed by atoms with Gasteiger partial charge in [-0.05, 0) is 44.5 Å². The molecule has 5 rings (SSSR count). The summed E-state index contributed by atoms with van der Waals surface area (Å²) < 4.78 is 8.31. The molecule has 7 nitrogen and oxygen atoms in total. The fourth-order valence-electron chi connectivity index (χ4n) is 4.02. The number of anilines is 2. The summed E-state index contributed by atoms with van der Waals surface area (Å²) in [5.74, 6) is 0.792. The highest BCUT2D eigenvalue weighted by Crippen LogP contribution is 2.26. The molecule has 8 heteroatoms. The molecular formula is C23H26N6OS. The third-order valence-electron chi connectivity index (χ3n) is 5.63. The average molecular weight is 435 g/mol. The number of nitrogens with zero attached hydrogens (tertiary/aromatic N) is 5. The second-order valence-corrected chi connectivity index (χ2v) is 9.21. The lowest BCUT2D eigenvalue weighted by molar-refractivity contribution is -0.0354. The van der Waals surface area contributed by atoms with Crippen LogP contribution in [0.15, 0.2) is 42.7 Å². The van der Waals surface area contributed by atoms with E-state index >= 15 is 0 Å². The Morgan fingerprint density at radius 3 is 2.90 bits per heavy atom. The summed E-state index contributed by atoms with van der Waals surface area (Å²) in [4.78, 5) is 17.6. The molecule has 1 aliphatic rings. The van der Waals surface area contributed by atoms with Crippen LogP contribution in [0.1, 0.15) is 33.6 Å². The summed E-state index contributed by atoms with van der Waals surface area (Å²) in [6, 6.07) is 10.2. The van der Waals surface area contributed by atoms with Crippen LogP contribution in [0.25, 0.3) is 5.65 Å². The Hall–Kier alpha value is -2.81. The van der Waals surface area contributed by atoms with Crippen LogP contribution < -0.4 is 5.32 Å². The molecule has 0 radical (unpaired) electrons. The molecule has 1 atom stereocenters. The van der Waals surface area contributed by atoms with Gasteiger partial charge in [0.05, 0.1) is 23.7 Å². The van der Waals surface area contributed by atoms with Crippen molar-refractivity contribution in [2.24, 2.45) is 0 Å². The van der Waals surface area contributed by atoms with Crippen LogP contribution in [-0.2, 0) is 11.3 Å². The van der Waals surface area contributed by atoms with E-state index in [1.54, 1.807) is 11.3 Å². The molecule has 5 heterocycles. The summed E-state index contributed by atoms with van der Waals surface area (Å²) in [7, 11) is 0. The van der Waals surface area contributed by atoms with Gasteiger partial charge in [-0.15, -0.1) is 11.3 Å². The number of pyridine rings is 2. The van der Waals surface area contributed by atoms with Crippen molar-refractivity contribution in [2.45, 2.75) is 33.4 Å². The topological polar surface area (TPSA) is 67.6 Å². The fraction of sp³-hybridized carbons (Fsp3) is 0.348. The first-order valence-corrected chi connectivity index (χ1v) is 11.3. The second-order valence-electron chi connectivity index (χ2n) is 7.97. The minimum absolute atomic E-state index is 0.0604. The maximum atomic E-state index is 6.09. The zero-order valence-corrected chi connectivity index (χ0v) is 18.8. The number of rotatable bonds is 5. The van der Waals surface area contributed by atoms with Gasteiger partial charge in [0.25, 0.3) is 0 Å². The number of ether oxygens (including phenoxy) is 1. The molecule has 0 spiro atoms. The number of hydrogen-bond acceptors (Lipinski definition) is 7. The van der Waals surface area contributed by atoms with E-state index in [1.165, 1.54) is 16.1 Å². The zero-order valence-electron chi connectivity index (χ0n) is 18.0. The van der Waals surface area contributed by atoms with Crippen LogP contribution in [0.5, 0.6) is 0 Å². The number of aryl methyl sites for hydroxylation is 3. The van der Waals surface area contributed by atoms with Crippen LogP contribution in [0.2, 0.25) is 0 Å². The normalized spacial score (nSPS) is 17.3. The molecule has 1 saturated heterocycles. The molecule has 160 valence electrons. The van der Waals surface area contributed by atoms with Gasteiger partial charge in [0.2, 0.25) is 0 Å². The van der Waals surface area contributed by atoms with Crippen LogP contribution in [-0.4, -0.2) is 43.9 Å². The van der Waals surface area contributed by atoms with Crippen LogP contribution >= 0.6 is 11.3 Å². The Bertz CT molecular complexity index is 1220. The number of morpholine rings is 1. The molecule has 0 aliphatic carbocycles. The second kappa shape index (κ2) is 8.37. The van der Waals surface area contributed by atoms with Crippen molar-refractivity contribution in [2.75, 3.05) is 25.0 Å². The predicted octanol–water partition coefficient (Wildman–Crippen LogP) is 4.43. The van der Waals surface area contributed by atoms with Gasteiger partial charge >= 0.3 is 0 Å². The van der Waals surface area contributed by atoms with E-state index in [4.69, 9.17) is 14.7 Å². The molecule has 1 N–H and O–H groups in total. The Morgan fingerprint density at radius 1 is 1.16 bits per heavy atom. The lowest BCUT2D eigenvalue weighted by atomic mass is 10.1. The number of fused-ring (bicyclic) bond motifs is 1. The minimum atomic E-state index is -0.0604. The maximum absolute atomic E-state index is 6.09. The Morgan fingerprint density at radius 2 is 2.06 bits per heavy atom. The highest BCUT2D eigenvalue weighted by atomic mass is 32.1. The largest absolute Gasteiger partial charge is 0.369 e. The highest BCUT2D eigenvalue weighted by Gasteiger charge is 2.25. The maximum Gasteiger partial charge on any atom is 0.188 e. The molecule has 1 fully saturated rings. The average Bonchev–Trinajstić information content (AvgIpc) is 3.32. The number of hydrogen-bond donors (Lipinski definition) is 1. The lowest BCUT2D eigenvalue weighted by Gasteiger charge is -2.32. The monoisotopic (exact) mass is 434 g/mol. The standard InChI is InChI=1S/C23H26N6OS/c1-15-6-5-9-29-19(17(3)25-22(15)29)13-28-10-11-30-20(14-28)18-7-4-8-21(26-18)27-23-24-12-16(2)31-23/h4-9,12,20H,10-11,13-14H2,1-3H3,(H,24,26,27). The first-order chi connectivity index (χ1) is 15.1. The van der Waals surface area contributed by atoms with Crippen molar-refractivity contribution in [1.82, 2.24) is 24.3 Å². The van der Waals surface area contributed by atoms with E-state index < -0.39 is 0 Å². The Labute approximate surface area is 185 Å². The van der Waals surface area contributed by atoms with Crippen LogP contribution in [0, 0.1) is 20.8 Å². The molecule has 0 bridgehead atoms. The fourth-order valence-corrected chi connectivity index (χ4v) is 4.69. The quantitative estimate of drug-likeness (QED) is 0.501. The van der Waals surface area contributed by atoms with E-state index in [-0.39, 0.29) is 6.10 Å². The highest BCUT2D eigenvalue weighted by molar-refractivity contribution is 7.15. The van der Waals surface area contributed by atoms with Gasteiger partial charge in [-0.2, -0.15) is 0 Å². The van der Waals surface area contributed by atoms with Gasteiger partial charge in [-0.3, -0.25) is 4.90 Å². The number of imidazole rings is 1. The Kier molecular flexibility index (Phi) is 5.43. The summed E-state index contributed by atoms with van der Waals surface area (Å²) in [6.07, 6.45) is 3.91. The first kappa shape index (κ1) is 20.1. The van der Waals surface area contributed by atoms with Crippen LogP contribution in [0.4, 0.5) is 10.9 Å². The van der Waals surface area contributed by atoms with Crippen molar-refractivity contribution in [3.63, 3.8) is 0 Å². The van der Waals surface area contributed by atoms with Crippen molar-refractivity contribution in [3.05, 3.63) is 70.2 Å². The van der Waals surface area contributed by atoms with Crippen molar-refractivity contribution >= 4 is 27.9 Å². The molecular weight excluding hydrogens is 408 g/mol. The van der Waals surface area contributed by atoms with E-state index in [0.717, 1.165) is 47.6 Å². The molecule has 31 heavy (non-hydrogen) atoms. The lowest BCUT2D eigenvalue weighted by Crippen LogP contribution is -2.38. The first-order valence-electron chi connectivity index (χ1n) is 10.5. The zero-order chi connectivity index (χ0) is 21.4. The van der Waals surface area contributed by atoms with E-state index in [2.05, 4.69) is 51.8 Å². The minimum Gasteiger partial charge on any atom is -0.369 e. The number of nitrogens with one attached hydrogen (secondary N) is 1. The molecule has 0 aromatic carbocycles. The molecule has 0 amide bonds. The summed E-state index contributed by atoms with van der Waals surface area (Å²) >= 11 is 1.62. The van der Waals surface area contributed by atoms with Crippen molar-refractivity contribution in [1.29, 1.82) is 0 Å². The third-order valence-corrected chi connectivity index (χ3v) is 6.45. The van der Waals surface area contributed by atoms with Gasteiger partial charge < -0.3 is 14.5 Å². The van der Waals surface area contributed by atoms with Gasteiger partial charge in [-0.1, -0.05) is 12.1 Å². The van der Waals surface area contributed by atoms with Gasteiger partial charge in [0.15, 0.2) is 5.13 Å². The summed E-state index contributed by atoms with van der Waals surface area (Å²) in [5.41, 5.74) is 5.49. The van der Waals surface area contributed by atoms with E-state index in [9.17, 15) is 0 Å². The molecule has 1 unspecified atom stereocenters. The smallest absolute Gasteiger partial charge is 0.188 e. The van der Waals surface area contributed by atoms with Gasteiger partial charge in [-0.25, -0.2) is 15.0 Å². The van der Waals surface area contributed by atoms with Gasteiger partial charge in [0, 0.05) is 36.9 Å². The summed E-state index contributed by atoms with van der Waals surface area (Å²) in [6.45, 7) is 9.46. The Balaban J connectivity index is 1.33.